The van der Waals surface area contributed by atoms with Gasteiger partial charge in [0, 0.05) is 21.5 Å². The normalized spacial score (nSPS) is 18.2. The van der Waals surface area contributed by atoms with Gasteiger partial charge in [-0.1, -0.05) is 53.7 Å². The number of para-hydroxylation sites is 1. The predicted octanol–water partition coefficient (Wildman–Crippen LogP) is 5.97. The van der Waals surface area contributed by atoms with Gasteiger partial charge in [0.15, 0.2) is 11.5 Å². The summed E-state index contributed by atoms with van der Waals surface area (Å²) >= 11 is 7.96. The lowest BCUT2D eigenvalue weighted by Crippen LogP contribution is -2.38. The van der Waals surface area contributed by atoms with Crippen LogP contribution < -0.4 is 20.1 Å². The molecule has 3 aromatic carbocycles. The van der Waals surface area contributed by atoms with Gasteiger partial charge in [-0.05, 0) is 66.4 Å². The molecule has 0 saturated heterocycles. The molecule has 8 heteroatoms. The van der Waals surface area contributed by atoms with Crippen molar-refractivity contribution in [3.63, 3.8) is 0 Å². The second kappa shape index (κ2) is 9.15. The molecular formula is C28H23ClN2O4S. The number of ether oxygens (including phenoxy) is 3. The minimum atomic E-state index is -0.433. The van der Waals surface area contributed by atoms with Crippen LogP contribution in [0.3, 0.4) is 0 Å². The van der Waals surface area contributed by atoms with Crippen molar-refractivity contribution in [3.05, 3.63) is 105 Å². The zero-order valence-corrected chi connectivity index (χ0v) is 21.1. The fourth-order valence-electron chi connectivity index (χ4n) is 4.91. The van der Waals surface area contributed by atoms with Crippen molar-refractivity contribution in [2.45, 2.75) is 24.2 Å². The van der Waals surface area contributed by atoms with Gasteiger partial charge in [-0.2, -0.15) is 0 Å². The van der Waals surface area contributed by atoms with Gasteiger partial charge in [-0.25, -0.2) is 4.79 Å². The number of nitrogens with two attached hydrogens (primary N) is 1. The van der Waals surface area contributed by atoms with E-state index in [1.807, 2.05) is 71.6 Å². The second-order valence-electron chi connectivity index (χ2n) is 8.60. The third-order valence-corrected chi connectivity index (χ3v) is 7.96. The number of nitrogens with zero attached hydrogens (tertiary/aromatic N) is 1. The zero-order chi connectivity index (χ0) is 24.8. The molecule has 6 rings (SSSR count). The molecule has 1 unspecified atom stereocenters. The van der Waals surface area contributed by atoms with Gasteiger partial charge in [-0.15, -0.1) is 0 Å². The van der Waals surface area contributed by atoms with Crippen molar-refractivity contribution in [2.24, 2.45) is 5.73 Å². The van der Waals surface area contributed by atoms with Crippen molar-refractivity contribution in [2.75, 3.05) is 18.3 Å². The van der Waals surface area contributed by atoms with Gasteiger partial charge < -0.3 is 19.9 Å². The maximum Gasteiger partial charge on any atom is 0.338 e. The molecule has 0 aliphatic carbocycles. The first kappa shape index (κ1) is 22.9. The van der Waals surface area contributed by atoms with Gasteiger partial charge in [-0.3, -0.25) is 4.90 Å². The standard InChI is InChI=1S/C28H23ClN2O4S/c1-2-33-28(32)25-24(17-9-11-21-22(13-17)35-15-34-21)20-12-16-8-10-18(29)14-23(16)36-27(20)31(26(25)30)19-6-4-3-5-7-19/h3-11,13-14,24H,2,12,15,30H2,1H3. The number of benzene rings is 3. The molecule has 0 fully saturated rings. The Morgan fingerprint density at radius 1 is 1.11 bits per heavy atom. The number of rotatable bonds is 4. The molecule has 6 nitrogen and oxygen atoms in total. The van der Waals surface area contributed by atoms with Crippen molar-refractivity contribution in [1.82, 2.24) is 0 Å². The molecule has 3 aliphatic heterocycles. The molecular weight excluding hydrogens is 496 g/mol. The first-order valence-corrected chi connectivity index (χ1v) is 12.9. The highest BCUT2D eigenvalue weighted by atomic mass is 35.5. The molecule has 0 bridgehead atoms. The van der Waals surface area contributed by atoms with E-state index in [0.29, 0.717) is 34.3 Å². The van der Waals surface area contributed by atoms with Crippen LogP contribution in [0, 0.1) is 0 Å². The summed E-state index contributed by atoms with van der Waals surface area (Å²) in [5.41, 5.74) is 11.2. The Balaban J connectivity index is 1.59. The third kappa shape index (κ3) is 3.79. The number of esters is 1. The van der Waals surface area contributed by atoms with E-state index < -0.39 is 11.9 Å². The first-order valence-electron chi connectivity index (χ1n) is 11.7. The van der Waals surface area contributed by atoms with Crippen molar-refractivity contribution < 1.29 is 19.0 Å². The summed E-state index contributed by atoms with van der Waals surface area (Å²) < 4.78 is 16.7. The smallest absolute Gasteiger partial charge is 0.338 e. The van der Waals surface area contributed by atoms with Crippen molar-refractivity contribution in [1.29, 1.82) is 0 Å². The average molecular weight is 519 g/mol. The van der Waals surface area contributed by atoms with Gasteiger partial charge in [0.25, 0.3) is 0 Å². The number of hydrogen-bond acceptors (Lipinski definition) is 7. The number of carbonyl (C=O) groups is 1. The van der Waals surface area contributed by atoms with Crippen LogP contribution in [-0.4, -0.2) is 19.4 Å². The highest BCUT2D eigenvalue weighted by Crippen LogP contribution is 2.53. The summed E-state index contributed by atoms with van der Waals surface area (Å²) in [7, 11) is 0. The minimum Gasteiger partial charge on any atom is -0.463 e. The van der Waals surface area contributed by atoms with Crippen LogP contribution in [0.1, 0.15) is 24.0 Å². The van der Waals surface area contributed by atoms with Gasteiger partial charge in [0.05, 0.1) is 17.2 Å². The van der Waals surface area contributed by atoms with Crippen LogP contribution >= 0.6 is 23.4 Å². The predicted molar refractivity (Wildman–Crippen MR) is 140 cm³/mol. The molecule has 0 radical (unpaired) electrons. The number of hydrogen-bond donors (Lipinski definition) is 1. The molecule has 3 aromatic rings. The second-order valence-corrected chi connectivity index (χ2v) is 10.1. The van der Waals surface area contributed by atoms with Crippen LogP contribution in [0.4, 0.5) is 5.69 Å². The fourth-order valence-corrected chi connectivity index (χ4v) is 6.43. The molecule has 0 aromatic heterocycles. The van der Waals surface area contributed by atoms with Crippen LogP contribution in [0.2, 0.25) is 5.02 Å². The lowest BCUT2D eigenvalue weighted by Gasteiger charge is -2.41. The van der Waals surface area contributed by atoms with E-state index in [-0.39, 0.29) is 13.4 Å². The van der Waals surface area contributed by atoms with Gasteiger partial charge in [0.2, 0.25) is 6.79 Å². The number of halogens is 1. The Kier molecular flexibility index (Phi) is 5.82. The van der Waals surface area contributed by atoms with Crippen molar-refractivity contribution in [3.8, 4) is 11.5 Å². The summed E-state index contributed by atoms with van der Waals surface area (Å²) in [6.45, 7) is 2.21. The molecule has 182 valence electrons. The molecule has 2 N–H and O–H groups in total. The molecule has 36 heavy (non-hydrogen) atoms. The zero-order valence-electron chi connectivity index (χ0n) is 19.5. The van der Waals surface area contributed by atoms with E-state index in [9.17, 15) is 4.79 Å². The number of allylic oxidation sites excluding steroid dienone is 1. The third-order valence-electron chi connectivity index (χ3n) is 6.49. The topological polar surface area (TPSA) is 74.0 Å². The number of carbonyl (C=O) groups excluding carboxylic acids is 1. The SMILES string of the molecule is CCOC(=O)C1=C(N)N(c2ccccc2)C2=C(Cc3ccc(Cl)cc3S2)C1c1ccc2c(c1)OCO2. The number of anilines is 1. The molecule has 3 heterocycles. The van der Waals surface area contributed by atoms with E-state index in [0.717, 1.165) is 32.3 Å². The Morgan fingerprint density at radius 2 is 1.92 bits per heavy atom. The van der Waals surface area contributed by atoms with Crippen LogP contribution in [0.25, 0.3) is 0 Å². The van der Waals surface area contributed by atoms with E-state index >= 15 is 0 Å². The number of thioether (sulfide) groups is 1. The molecule has 3 aliphatic rings. The van der Waals surface area contributed by atoms with Gasteiger partial charge in [0.1, 0.15) is 5.82 Å². The fraction of sp³-hybridized carbons (Fsp3) is 0.179. The highest BCUT2D eigenvalue weighted by Gasteiger charge is 2.42. The average Bonchev–Trinajstić information content (AvgIpc) is 3.35. The largest absolute Gasteiger partial charge is 0.463 e. The minimum absolute atomic E-state index is 0.173. The van der Waals surface area contributed by atoms with E-state index in [1.165, 1.54) is 0 Å². The highest BCUT2D eigenvalue weighted by molar-refractivity contribution is 8.03. The molecule has 1 atom stereocenters. The van der Waals surface area contributed by atoms with E-state index in [1.54, 1.807) is 18.7 Å². The van der Waals surface area contributed by atoms with Crippen LogP contribution in [0.15, 0.2) is 93.6 Å². The van der Waals surface area contributed by atoms with Gasteiger partial charge >= 0.3 is 5.97 Å². The van der Waals surface area contributed by atoms with E-state index in [4.69, 9.17) is 31.5 Å². The van der Waals surface area contributed by atoms with Crippen molar-refractivity contribution >= 4 is 35.0 Å². The Morgan fingerprint density at radius 3 is 2.72 bits per heavy atom. The summed E-state index contributed by atoms with van der Waals surface area (Å²) in [6, 6.07) is 21.5. The number of fused-ring (bicyclic) bond motifs is 2. The quantitative estimate of drug-likeness (QED) is 0.427. The first-order chi connectivity index (χ1) is 17.5. The lowest BCUT2D eigenvalue weighted by molar-refractivity contribution is -0.138. The molecule has 0 saturated carbocycles. The summed E-state index contributed by atoms with van der Waals surface area (Å²) in [5.74, 6) is 0.834. The Labute approximate surface area is 218 Å². The Bertz CT molecular complexity index is 1440. The monoisotopic (exact) mass is 518 g/mol. The van der Waals surface area contributed by atoms with E-state index in [2.05, 4.69) is 0 Å². The molecule has 0 amide bonds. The summed E-state index contributed by atoms with van der Waals surface area (Å²) in [6.07, 6.45) is 0.632. The summed E-state index contributed by atoms with van der Waals surface area (Å²) in [4.78, 5) is 16.5. The van der Waals surface area contributed by atoms with Crippen LogP contribution in [-0.2, 0) is 16.0 Å². The maximum absolute atomic E-state index is 13.5. The summed E-state index contributed by atoms with van der Waals surface area (Å²) in [5, 5.41) is 1.64. The van der Waals surface area contributed by atoms with Crippen LogP contribution in [0.5, 0.6) is 11.5 Å². The maximum atomic E-state index is 13.5. The lowest BCUT2D eigenvalue weighted by atomic mass is 9.79. The molecule has 0 spiro atoms. The Hall–Kier alpha value is -3.55.